The Labute approximate surface area is 141 Å². The Morgan fingerprint density at radius 1 is 1.29 bits per heavy atom. The third-order valence-corrected chi connectivity index (χ3v) is 4.33. The van der Waals surface area contributed by atoms with E-state index in [0.717, 1.165) is 20.3 Å². The molecule has 21 heavy (non-hydrogen) atoms. The van der Waals surface area contributed by atoms with Gasteiger partial charge in [0.05, 0.1) is 4.47 Å². The summed E-state index contributed by atoms with van der Waals surface area (Å²) in [6, 6.07) is 3.81. The molecule has 7 heteroatoms. The molecular weight excluding hydrogens is 418 g/mol. The van der Waals surface area contributed by atoms with Crippen LogP contribution in [0.3, 0.4) is 0 Å². The summed E-state index contributed by atoms with van der Waals surface area (Å²) in [5.74, 6) is 0.632. The molecule has 1 heterocycles. The molecule has 1 aromatic carbocycles. The van der Waals surface area contributed by atoms with Crippen LogP contribution in [0.15, 0.2) is 31.8 Å². The summed E-state index contributed by atoms with van der Waals surface area (Å²) < 4.78 is 12.8. The van der Waals surface area contributed by atoms with E-state index >= 15 is 0 Å². The van der Waals surface area contributed by atoms with E-state index in [2.05, 4.69) is 56.5 Å². The molecule has 0 spiro atoms. The quantitative estimate of drug-likeness (QED) is 0.393. The van der Waals surface area contributed by atoms with Crippen molar-refractivity contribution in [1.29, 1.82) is 0 Å². The summed E-state index contributed by atoms with van der Waals surface area (Å²) in [6.45, 7) is 7.95. The zero-order valence-electron chi connectivity index (χ0n) is 12.2. The van der Waals surface area contributed by atoms with Crippen molar-refractivity contribution >= 4 is 58.1 Å². The lowest BCUT2D eigenvalue weighted by molar-refractivity contribution is -0.130. The molecule has 112 valence electrons. The van der Waals surface area contributed by atoms with Gasteiger partial charge in [-0.25, -0.2) is 9.79 Å². The van der Waals surface area contributed by atoms with Gasteiger partial charge in [0, 0.05) is 17.0 Å². The highest BCUT2D eigenvalue weighted by atomic mass is 79.9. The molecule has 1 aromatic rings. The van der Waals surface area contributed by atoms with Gasteiger partial charge in [0.25, 0.3) is 0 Å². The van der Waals surface area contributed by atoms with Crippen LogP contribution in [0, 0.1) is 0 Å². The van der Waals surface area contributed by atoms with E-state index in [1.807, 2.05) is 12.1 Å². The standard InChI is InChI=1S/C14H15Br2NO3Si/c1-8-17-12(14(18)19-8)6-9-5-10(15)7-11(16)13(9)20-21(2,3)4/h5-7H,1-4H3. The average Bonchev–Trinajstić information content (AvgIpc) is 2.61. The molecular formula is C14H15Br2NO3Si. The Morgan fingerprint density at radius 3 is 2.48 bits per heavy atom. The highest BCUT2D eigenvalue weighted by Gasteiger charge is 2.23. The van der Waals surface area contributed by atoms with Crippen molar-refractivity contribution in [2.75, 3.05) is 0 Å². The van der Waals surface area contributed by atoms with Crippen LogP contribution in [0.5, 0.6) is 5.75 Å². The van der Waals surface area contributed by atoms with Gasteiger partial charge in [0.1, 0.15) is 5.75 Å². The van der Waals surface area contributed by atoms with E-state index in [1.54, 1.807) is 13.0 Å². The number of hydrogen-bond acceptors (Lipinski definition) is 4. The van der Waals surface area contributed by atoms with E-state index in [1.165, 1.54) is 0 Å². The molecule has 0 atom stereocenters. The van der Waals surface area contributed by atoms with Crippen LogP contribution >= 0.6 is 31.9 Å². The molecule has 0 bridgehead atoms. The van der Waals surface area contributed by atoms with E-state index in [0.29, 0.717) is 5.90 Å². The highest BCUT2D eigenvalue weighted by molar-refractivity contribution is 9.11. The number of nitrogens with zero attached hydrogens (tertiary/aromatic N) is 1. The molecule has 1 aliphatic rings. The summed E-state index contributed by atoms with van der Waals surface area (Å²) >= 11 is 6.96. The molecule has 0 amide bonds. The molecule has 2 rings (SSSR count). The lowest BCUT2D eigenvalue weighted by Crippen LogP contribution is -2.29. The Hall–Kier alpha value is -0.923. The maximum absolute atomic E-state index is 11.7. The molecule has 0 saturated carbocycles. The number of cyclic esters (lactones) is 1. The number of esters is 1. The third-order valence-electron chi connectivity index (χ3n) is 2.47. The lowest BCUT2D eigenvalue weighted by Gasteiger charge is -2.22. The van der Waals surface area contributed by atoms with Crippen LogP contribution in [0.2, 0.25) is 19.6 Å². The monoisotopic (exact) mass is 431 g/mol. The lowest BCUT2D eigenvalue weighted by atomic mass is 10.1. The van der Waals surface area contributed by atoms with E-state index in [-0.39, 0.29) is 5.70 Å². The van der Waals surface area contributed by atoms with E-state index in [9.17, 15) is 4.79 Å². The number of benzene rings is 1. The van der Waals surface area contributed by atoms with Gasteiger partial charge in [0.2, 0.25) is 8.32 Å². The van der Waals surface area contributed by atoms with Crippen LogP contribution in [0.4, 0.5) is 0 Å². The minimum atomic E-state index is -1.79. The number of carbonyl (C=O) groups excluding carboxylic acids is 1. The molecule has 1 aliphatic heterocycles. The molecule has 0 fully saturated rings. The van der Waals surface area contributed by atoms with Crippen molar-refractivity contribution in [3.05, 3.63) is 32.3 Å². The molecule has 0 aromatic heterocycles. The first-order chi connectivity index (χ1) is 9.65. The number of rotatable bonds is 3. The Kier molecular flexibility index (Phi) is 4.75. The number of halogens is 2. The van der Waals surface area contributed by atoms with Crippen molar-refractivity contribution in [3.63, 3.8) is 0 Å². The smallest absolute Gasteiger partial charge is 0.363 e. The van der Waals surface area contributed by atoms with Crippen molar-refractivity contribution < 1.29 is 14.0 Å². The van der Waals surface area contributed by atoms with Gasteiger partial charge < -0.3 is 9.16 Å². The minimum absolute atomic E-state index is 0.276. The van der Waals surface area contributed by atoms with Gasteiger partial charge in [-0.3, -0.25) is 0 Å². The second kappa shape index (κ2) is 6.06. The third kappa shape index (κ3) is 4.27. The normalized spacial score (nSPS) is 17.0. The molecule has 0 radical (unpaired) electrons. The van der Waals surface area contributed by atoms with Crippen LogP contribution in [0.1, 0.15) is 12.5 Å². The van der Waals surface area contributed by atoms with Crippen molar-refractivity contribution in [3.8, 4) is 5.75 Å². The Morgan fingerprint density at radius 2 is 1.95 bits per heavy atom. The molecule has 0 unspecified atom stereocenters. The molecule has 0 saturated heterocycles. The molecule has 4 nitrogen and oxygen atoms in total. The first-order valence-electron chi connectivity index (χ1n) is 6.33. The fourth-order valence-electron chi connectivity index (χ4n) is 1.76. The average molecular weight is 433 g/mol. The number of aliphatic imine (C=N–C) groups is 1. The van der Waals surface area contributed by atoms with Crippen molar-refractivity contribution in [2.24, 2.45) is 4.99 Å². The highest BCUT2D eigenvalue weighted by Crippen LogP contribution is 2.36. The van der Waals surface area contributed by atoms with Gasteiger partial charge >= 0.3 is 5.97 Å². The summed E-state index contributed by atoms with van der Waals surface area (Å²) in [7, 11) is -1.79. The fourth-order valence-corrected chi connectivity index (χ4v) is 4.09. The predicted molar refractivity (Wildman–Crippen MR) is 93.0 cm³/mol. The second-order valence-electron chi connectivity index (χ2n) is 5.57. The maximum atomic E-state index is 11.7. The van der Waals surface area contributed by atoms with Gasteiger partial charge in [-0.15, -0.1) is 0 Å². The maximum Gasteiger partial charge on any atom is 0.363 e. The summed E-state index contributed by atoms with van der Waals surface area (Å²) in [5, 5.41) is 0. The van der Waals surface area contributed by atoms with Gasteiger partial charge in [0.15, 0.2) is 11.6 Å². The second-order valence-corrected chi connectivity index (χ2v) is 11.8. The summed E-state index contributed by atoms with van der Waals surface area (Å²) in [6.07, 6.45) is 1.68. The predicted octanol–water partition coefficient (Wildman–Crippen LogP) is 4.74. The van der Waals surface area contributed by atoms with E-state index < -0.39 is 14.3 Å². The summed E-state index contributed by atoms with van der Waals surface area (Å²) in [4.78, 5) is 15.8. The topological polar surface area (TPSA) is 47.9 Å². The number of hydrogen-bond donors (Lipinski definition) is 0. The largest absolute Gasteiger partial charge is 0.543 e. The summed E-state index contributed by atoms with van der Waals surface area (Å²) in [5.41, 5.74) is 1.06. The Bertz CT molecular complexity index is 663. The van der Waals surface area contributed by atoms with Gasteiger partial charge in [-0.05, 0) is 53.8 Å². The van der Waals surface area contributed by atoms with Gasteiger partial charge in [-0.2, -0.15) is 0 Å². The molecule has 0 N–H and O–H groups in total. The zero-order valence-corrected chi connectivity index (χ0v) is 16.3. The number of ether oxygens (including phenoxy) is 1. The Balaban J connectivity index is 2.52. The number of carbonyl (C=O) groups is 1. The van der Waals surface area contributed by atoms with Crippen LogP contribution in [0.25, 0.3) is 6.08 Å². The first-order valence-corrected chi connectivity index (χ1v) is 11.3. The van der Waals surface area contributed by atoms with Crippen LogP contribution in [-0.4, -0.2) is 20.2 Å². The van der Waals surface area contributed by atoms with Crippen molar-refractivity contribution in [1.82, 2.24) is 0 Å². The minimum Gasteiger partial charge on any atom is -0.543 e. The SMILES string of the molecule is CC1=NC(=Cc2cc(Br)cc(Br)c2O[Si](C)(C)C)C(=O)O1. The first kappa shape index (κ1) is 16.4. The van der Waals surface area contributed by atoms with Gasteiger partial charge in [-0.1, -0.05) is 15.9 Å². The zero-order chi connectivity index (χ0) is 15.8. The molecule has 0 aliphatic carbocycles. The van der Waals surface area contributed by atoms with Crippen LogP contribution in [-0.2, 0) is 9.53 Å². The van der Waals surface area contributed by atoms with Crippen LogP contribution < -0.4 is 4.43 Å². The fraction of sp³-hybridized carbons (Fsp3) is 0.286. The van der Waals surface area contributed by atoms with E-state index in [4.69, 9.17) is 9.16 Å². The van der Waals surface area contributed by atoms with Crippen molar-refractivity contribution in [2.45, 2.75) is 26.6 Å².